The van der Waals surface area contributed by atoms with Crippen molar-refractivity contribution in [2.75, 3.05) is 25.1 Å². The number of nitrogens with zero attached hydrogens (tertiary/aromatic N) is 2. The molecule has 0 aliphatic heterocycles. The molecule has 0 aromatic carbocycles. The maximum Gasteiger partial charge on any atom is 0.390 e. The fourth-order valence-corrected chi connectivity index (χ4v) is 1.92. The third-order valence-electron chi connectivity index (χ3n) is 2.03. The van der Waals surface area contributed by atoms with Gasteiger partial charge in [-0.2, -0.15) is 13.2 Å². The Bertz CT molecular complexity index is 406. The first-order chi connectivity index (χ1) is 8.33. The molecule has 18 heavy (non-hydrogen) atoms. The zero-order valence-corrected chi connectivity index (χ0v) is 10.8. The Labute approximate surface area is 106 Å². The SMILES string of the molecule is CCOC(=O)c1csc(N(C)CCC(F)(F)F)n1. The number of ether oxygens (including phenoxy) is 1. The van der Waals surface area contributed by atoms with Crippen molar-refractivity contribution in [3.8, 4) is 0 Å². The van der Waals surface area contributed by atoms with Crippen LogP contribution < -0.4 is 4.90 Å². The van der Waals surface area contributed by atoms with Crippen LogP contribution in [0.4, 0.5) is 18.3 Å². The molecule has 0 spiro atoms. The second-order valence-corrected chi connectivity index (χ2v) is 4.36. The highest BCUT2D eigenvalue weighted by Gasteiger charge is 2.27. The van der Waals surface area contributed by atoms with Crippen LogP contribution in [0.1, 0.15) is 23.8 Å². The Kier molecular flexibility index (Phi) is 4.94. The molecule has 0 bridgehead atoms. The maximum absolute atomic E-state index is 12.0. The summed E-state index contributed by atoms with van der Waals surface area (Å²) in [5.74, 6) is -0.566. The summed E-state index contributed by atoms with van der Waals surface area (Å²) in [6.07, 6.45) is -5.12. The Morgan fingerprint density at radius 1 is 1.56 bits per heavy atom. The second kappa shape index (κ2) is 6.03. The minimum absolute atomic E-state index is 0.121. The Balaban J connectivity index is 2.59. The van der Waals surface area contributed by atoms with Gasteiger partial charge in [-0.1, -0.05) is 0 Å². The third-order valence-corrected chi connectivity index (χ3v) is 2.99. The molecule has 0 radical (unpaired) electrons. The van der Waals surface area contributed by atoms with Gasteiger partial charge in [-0.15, -0.1) is 11.3 Å². The minimum atomic E-state index is -4.20. The monoisotopic (exact) mass is 282 g/mol. The van der Waals surface area contributed by atoms with Gasteiger partial charge in [0.05, 0.1) is 13.0 Å². The molecule has 0 N–H and O–H groups in total. The van der Waals surface area contributed by atoms with Crippen LogP contribution in [0.25, 0.3) is 0 Å². The van der Waals surface area contributed by atoms with E-state index in [1.54, 1.807) is 6.92 Å². The number of anilines is 1. The number of thiazole rings is 1. The van der Waals surface area contributed by atoms with Crippen molar-refractivity contribution in [2.24, 2.45) is 0 Å². The predicted octanol–water partition coefficient (Wildman–Crippen LogP) is 2.71. The molecule has 0 saturated carbocycles. The van der Waals surface area contributed by atoms with E-state index in [-0.39, 0.29) is 18.8 Å². The normalized spacial score (nSPS) is 11.4. The summed E-state index contributed by atoms with van der Waals surface area (Å²) in [6, 6.07) is 0. The van der Waals surface area contributed by atoms with Crippen molar-refractivity contribution in [2.45, 2.75) is 19.5 Å². The van der Waals surface area contributed by atoms with Gasteiger partial charge in [0, 0.05) is 19.0 Å². The van der Waals surface area contributed by atoms with Crippen molar-refractivity contribution >= 4 is 22.4 Å². The zero-order chi connectivity index (χ0) is 13.8. The molecule has 8 heteroatoms. The quantitative estimate of drug-likeness (QED) is 0.779. The first-order valence-corrected chi connectivity index (χ1v) is 6.12. The highest BCUT2D eigenvalue weighted by Crippen LogP contribution is 2.24. The molecule has 1 aromatic rings. The molecule has 0 aliphatic rings. The average molecular weight is 282 g/mol. The number of aromatic nitrogens is 1. The molecular weight excluding hydrogens is 269 g/mol. The number of esters is 1. The maximum atomic E-state index is 12.0. The van der Waals surface area contributed by atoms with Gasteiger partial charge < -0.3 is 9.64 Å². The van der Waals surface area contributed by atoms with Gasteiger partial charge in [-0.3, -0.25) is 0 Å². The van der Waals surface area contributed by atoms with E-state index in [9.17, 15) is 18.0 Å². The molecule has 0 aliphatic carbocycles. The van der Waals surface area contributed by atoms with E-state index < -0.39 is 18.6 Å². The number of carbonyl (C=O) groups is 1. The van der Waals surface area contributed by atoms with Gasteiger partial charge in [-0.05, 0) is 6.92 Å². The van der Waals surface area contributed by atoms with Crippen molar-refractivity contribution < 1.29 is 22.7 Å². The first-order valence-electron chi connectivity index (χ1n) is 5.24. The molecule has 4 nitrogen and oxygen atoms in total. The van der Waals surface area contributed by atoms with Crippen LogP contribution in [-0.2, 0) is 4.74 Å². The number of hydrogen-bond acceptors (Lipinski definition) is 5. The van der Waals surface area contributed by atoms with E-state index in [0.717, 1.165) is 11.3 Å². The van der Waals surface area contributed by atoms with Crippen LogP contribution in [0.2, 0.25) is 0 Å². The average Bonchev–Trinajstić information content (AvgIpc) is 2.74. The van der Waals surface area contributed by atoms with E-state index in [0.29, 0.717) is 5.13 Å². The molecule has 1 heterocycles. The van der Waals surface area contributed by atoms with E-state index in [1.807, 2.05) is 0 Å². The van der Waals surface area contributed by atoms with Crippen molar-refractivity contribution in [3.63, 3.8) is 0 Å². The summed E-state index contributed by atoms with van der Waals surface area (Å²) >= 11 is 1.11. The van der Waals surface area contributed by atoms with Gasteiger partial charge >= 0.3 is 12.1 Å². The van der Waals surface area contributed by atoms with Crippen LogP contribution in [0.15, 0.2) is 5.38 Å². The summed E-state index contributed by atoms with van der Waals surface area (Å²) < 4.78 is 40.9. The fraction of sp³-hybridized carbons (Fsp3) is 0.600. The van der Waals surface area contributed by atoms with Gasteiger partial charge in [0.25, 0.3) is 0 Å². The van der Waals surface area contributed by atoms with Crippen molar-refractivity contribution in [1.29, 1.82) is 0 Å². The van der Waals surface area contributed by atoms with Crippen LogP contribution >= 0.6 is 11.3 Å². The van der Waals surface area contributed by atoms with Crippen LogP contribution in [0.3, 0.4) is 0 Å². The van der Waals surface area contributed by atoms with Crippen molar-refractivity contribution in [1.82, 2.24) is 4.98 Å². The molecular formula is C10H13F3N2O2S. The summed E-state index contributed by atoms with van der Waals surface area (Å²) in [5.41, 5.74) is 0.121. The lowest BCUT2D eigenvalue weighted by molar-refractivity contribution is -0.132. The number of rotatable bonds is 5. The standard InChI is InChI=1S/C10H13F3N2O2S/c1-3-17-8(16)7-6-18-9(14-7)15(2)5-4-10(11,12)13/h6H,3-5H2,1-2H3. The van der Waals surface area contributed by atoms with E-state index in [2.05, 4.69) is 4.98 Å². The number of hydrogen-bond donors (Lipinski definition) is 0. The number of halogens is 3. The highest BCUT2D eigenvalue weighted by molar-refractivity contribution is 7.13. The first kappa shape index (κ1) is 14.7. The van der Waals surface area contributed by atoms with Crippen LogP contribution in [0, 0.1) is 0 Å². The van der Waals surface area contributed by atoms with Crippen molar-refractivity contribution in [3.05, 3.63) is 11.1 Å². The summed E-state index contributed by atoms with van der Waals surface area (Å²) in [4.78, 5) is 16.6. The third kappa shape index (κ3) is 4.52. The summed E-state index contributed by atoms with van der Waals surface area (Å²) in [7, 11) is 1.50. The summed E-state index contributed by atoms with van der Waals surface area (Å²) in [6.45, 7) is 1.70. The Morgan fingerprint density at radius 3 is 2.78 bits per heavy atom. The van der Waals surface area contributed by atoms with Crippen LogP contribution in [-0.4, -0.2) is 37.3 Å². The number of alkyl halides is 3. The van der Waals surface area contributed by atoms with Gasteiger partial charge in [0.1, 0.15) is 0 Å². The van der Waals surface area contributed by atoms with E-state index in [1.165, 1.54) is 17.3 Å². The molecule has 0 atom stereocenters. The Hall–Kier alpha value is -1.31. The van der Waals surface area contributed by atoms with Gasteiger partial charge in [0.2, 0.25) is 0 Å². The molecule has 0 saturated heterocycles. The van der Waals surface area contributed by atoms with E-state index >= 15 is 0 Å². The topological polar surface area (TPSA) is 42.4 Å². The lowest BCUT2D eigenvalue weighted by Crippen LogP contribution is -2.24. The highest BCUT2D eigenvalue weighted by atomic mass is 32.1. The van der Waals surface area contributed by atoms with Crippen LogP contribution in [0.5, 0.6) is 0 Å². The molecule has 0 amide bonds. The summed E-state index contributed by atoms with van der Waals surface area (Å²) in [5, 5.41) is 1.83. The smallest absolute Gasteiger partial charge is 0.390 e. The molecule has 1 rings (SSSR count). The molecule has 1 aromatic heterocycles. The second-order valence-electron chi connectivity index (χ2n) is 3.52. The molecule has 0 fully saturated rings. The minimum Gasteiger partial charge on any atom is -0.461 e. The van der Waals surface area contributed by atoms with Gasteiger partial charge in [0.15, 0.2) is 10.8 Å². The molecule has 102 valence electrons. The van der Waals surface area contributed by atoms with Gasteiger partial charge in [-0.25, -0.2) is 9.78 Å². The zero-order valence-electron chi connectivity index (χ0n) is 9.95. The molecule has 0 unspecified atom stereocenters. The largest absolute Gasteiger partial charge is 0.461 e. The number of carbonyl (C=O) groups excluding carboxylic acids is 1. The van der Waals surface area contributed by atoms with E-state index in [4.69, 9.17) is 4.74 Å². The predicted molar refractivity (Wildman–Crippen MR) is 62.0 cm³/mol. The fourth-order valence-electron chi connectivity index (χ4n) is 1.13. The lowest BCUT2D eigenvalue weighted by atomic mass is 10.4. The lowest BCUT2D eigenvalue weighted by Gasteiger charge is -2.16. The Morgan fingerprint density at radius 2 is 2.22 bits per heavy atom.